The van der Waals surface area contributed by atoms with Gasteiger partial charge in [-0.1, -0.05) is 12.1 Å². The van der Waals surface area contributed by atoms with Crippen LogP contribution in [0.25, 0.3) is 16.6 Å². The van der Waals surface area contributed by atoms with Crippen LogP contribution in [0.5, 0.6) is 0 Å². The smallest absolute Gasteiger partial charge is 0.249 e. The van der Waals surface area contributed by atoms with Gasteiger partial charge in [0.1, 0.15) is 0 Å². The molecule has 0 spiro atoms. The Labute approximate surface area is 203 Å². The van der Waals surface area contributed by atoms with Gasteiger partial charge in [0, 0.05) is 94.8 Å². The summed E-state index contributed by atoms with van der Waals surface area (Å²) in [4.78, 5) is 19.0. The van der Waals surface area contributed by atoms with Gasteiger partial charge in [-0.3, -0.25) is 4.79 Å². The summed E-state index contributed by atoms with van der Waals surface area (Å²) in [5.74, 6) is -3.30. The van der Waals surface area contributed by atoms with Crippen LogP contribution in [0.15, 0.2) is 48.8 Å². The predicted molar refractivity (Wildman–Crippen MR) is 132 cm³/mol. The molecule has 3 aliphatic rings. The molecule has 0 radical (unpaired) electrons. The van der Waals surface area contributed by atoms with E-state index in [2.05, 4.69) is 56.7 Å². The normalized spacial score (nSPS) is 20.8. The number of hydrogen-bond acceptors (Lipinski definition) is 5. The van der Waals surface area contributed by atoms with Crippen molar-refractivity contribution in [2.45, 2.75) is 18.8 Å². The number of nitrogens with zero attached hydrogens (tertiary/aromatic N) is 5. The first-order chi connectivity index (χ1) is 17.0. The quantitative estimate of drug-likeness (QED) is 0.622. The molecule has 3 aromatic rings. The van der Waals surface area contributed by atoms with Crippen molar-refractivity contribution >= 4 is 22.8 Å². The lowest BCUT2D eigenvalue weighted by Gasteiger charge is -2.41. The molecule has 9 heteroatoms. The topological polar surface area (TPSA) is 56.1 Å². The summed E-state index contributed by atoms with van der Waals surface area (Å²) >= 11 is 0. The Hall–Kier alpha value is -3.20. The van der Waals surface area contributed by atoms with Crippen LogP contribution in [-0.2, 0) is 4.79 Å². The van der Waals surface area contributed by atoms with Gasteiger partial charge in [0.15, 0.2) is 0 Å². The Balaban J connectivity index is 1.16. The van der Waals surface area contributed by atoms with E-state index in [-0.39, 0.29) is 18.7 Å². The van der Waals surface area contributed by atoms with Gasteiger partial charge in [0.2, 0.25) is 11.8 Å². The van der Waals surface area contributed by atoms with Crippen LogP contribution >= 0.6 is 0 Å². The highest BCUT2D eigenvalue weighted by Crippen LogP contribution is 2.43. The number of halogens is 2. The number of alkyl halides is 2. The molecule has 2 aliphatic heterocycles. The highest BCUT2D eigenvalue weighted by atomic mass is 19.3. The molecule has 184 valence electrons. The number of anilines is 2. The van der Waals surface area contributed by atoms with Crippen LogP contribution < -0.4 is 15.1 Å². The molecule has 1 aromatic carbocycles. The summed E-state index contributed by atoms with van der Waals surface area (Å²) in [5.41, 5.74) is 5.60. The molecule has 3 fully saturated rings. The zero-order valence-corrected chi connectivity index (χ0v) is 19.7. The highest BCUT2D eigenvalue weighted by Gasteiger charge is 2.49. The Bertz CT molecular complexity index is 1200. The minimum atomic E-state index is -2.66. The van der Waals surface area contributed by atoms with Crippen LogP contribution in [0, 0.1) is 5.92 Å². The Morgan fingerprint density at radius 2 is 1.63 bits per heavy atom. The average Bonchev–Trinajstić information content (AvgIpc) is 3.32. The number of fused-ring (bicyclic) bond motifs is 1. The molecule has 7 nitrogen and oxygen atoms in total. The number of amides is 1. The van der Waals surface area contributed by atoms with E-state index in [1.54, 1.807) is 11.1 Å². The van der Waals surface area contributed by atoms with Gasteiger partial charge in [0.05, 0.1) is 11.2 Å². The number of aromatic nitrogens is 2. The molecule has 1 N–H and O–H groups in total. The minimum absolute atomic E-state index is 0.121. The molecule has 4 heterocycles. The molecular formula is C26H30F2N6O. The van der Waals surface area contributed by atoms with Gasteiger partial charge in [-0.25, -0.2) is 13.3 Å². The third-order valence-electron chi connectivity index (χ3n) is 7.54. The van der Waals surface area contributed by atoms with Crippen molar-refractivity contribution in [1.29, 1.82) is 0 Å². The molecule has 6 rings (SSSR count). The third kappa shape index (κ3) is 4.33. The first kappa shape index (κ1) is 22.3. The zero-order valence-electron chi connectivity index (χ0n) is 19.7. The summed E-state index contributed by atoms with van der Waals surface area (Å²) in [5, 5.41) is 7.90. The summed E-state index contributed by atoms with van der Waals surface area (Å²) in [6, 6.07) is 12.9. The molecular weight excluding hydrogens is 450 g/mol. The van der Waals surface area contributed by atoms with Crippen molar-refractivity contribution in [3.05, 3.63) is 48.8 Å². The number of rotatable bonds is 4. The SMILES string of the molecule is O=C(C1CC(F)(F)C1)N1CCN(c2ccnn3cc(-c4ccc(N5CCNCC5)cc4)cc23)CC1. The van der Waals surface area contributed by atoms with Crippen molar-refractivity contribution in [2.75, 3.05) is 62.2 Å². The molecule has 2 aromatic heterocycles. The molecule has 1 saturated carbocycles. The summed E-state index contributed by atoms with van der Waals surface area (Å²) in [7, 11) is 0. The maximum Gasteiger partial charge on any atom is 0.249 e. The Morgan fingerprint density at radius 1 is 0.914 bits per heavy atom. The number of hydrogen-bond donors (Lipinski definition) is 1. The van der Waals surface area contributed by atoms with Crippen molar-refractivity contribution in [3.8, 4) is 11.1 Å². The maximum atomic E-state index is 13.2. The summed E-state index contributed by atoms with van der Waals surface area (Å²) in [6.07, 6.45) is 3.24. The van der Waals surface area contributed by atoms with Crippen LogP contribution in [0.2, 0.25) is 0 Å². The van der Waals surface area contributed by atoms with Crippen molar-refractivity contribution < 1.29 is 13.6 Å². The van der Waals surface area contributed by atoms with Crippen molar-refractivity contribution in [1.82, 2.24) is 19.8 Å². The van der Waals surface area contributed by atoms with Gasteiger partial charge in [-0.05, 0) is 29.8 Å². The van der Waals surface area contributed by atoms with Crippen LogP contribution in [-0.4, -0.2) is 78.7 Å². The molecule has 1 amide bonds. The molecule has 0 atom stereocenters. The summed E-state index contributed by atoms with van der Waals surface area (Å²) in [6.45, 7) is 6.53. The fourth-order valence-corrected chi connectivity index (χ4v) is 5.47. The van der Waals surface area contributed by atoms with Crippen LogP contribution in [0.1, 0.15) is 12.8 Å². The number of piperazine rings is 2. The largest absolute Gasteiger partial charge is 0.369 e. The number of carbonyl (C=O) groups is 1. The van der Waals surface area contributed by atoms with Crippen molar-refractivity contribution in [3.63, 3.8) is 0 Å². The van der Waals surface area contributed by atoms with Crippen molar-refractivity contribution in [2.24, 2.45) is 5.92 Å². The van der Waals surface area contributed by atoms with Gasteiger partial charge in [0.25, 0.3) is 0 Å². The average molecular weight is 481 g/mol. The zero-order chi connectivity index (χ0) is 24.0. The molecule has 35 heavy (non-hydrogen) atoms. The van der Waals surface area contributed by atoms with Gasteiger partial charge in [-0.2, -0.15) is 5.10 Å². The van der Waals surface area contributed by atoms with Gasteiger partial charge >= 0.3 is 0 Å². The van der Waals surface area contributed by atoms with E-state index in [0.29, 0.717) is 26.2 Å². The van der Waals surface area contributed by atoms with E-state index in [4.69, 9.17) is 0 Å². The first-order valence-electron chi connectivity index (χ1n) is 12.4. The standard InChI is InChI=1S/C26H30F2N6O/c27-26(28)16-21(17-26)25(35)33-13-11-32(12-14-33)23-5-6-30-34-18-20(15-24(23)34)19-1-3-22(4-2-19)31-9-7-29-8-10-31/h1-6,15,18,21,29H,7-14,16-17H2. The summed E-state index contributed by atoms with van der Waals surface area (Å²) < 4.78 is 28.3. The minimum Gasteiger partial charge on any atom is -0.369 e. The molecule has 2 saturated heterocycles. The lowest BCUT2D eigenvalue weighted by Crippen LogP contribution is -2.53. The van der Waals surface area contributed by atoms with E-state index < -0.39 is 11.8 Å². The van der Waals surface area contributed by atoms with Gasteiger partial charge < -0.3 is 20.0 Å². The van der Waals surface area contributed by atoms with Gasteiger partial charge in [-0.15, -0.1) is 0 Å². The second-order valence-corrected chi connectivity index (χ2v) is 9.83. The Kier molecular flexibility index (Phi) is 5.59. The molecule has 0 unspecified atom stereocenters. The van der Waals surface area contributed by atoms with E-state index in [1.165, 1.54) is 5.69 Å². The van der Waals surface area contributed by atoms with E-state index in [9.17, 15) is 13.6 Å². The number of carbonyl (C=O) groups excluding carboxylic acids is 1. The van der Waals surface area contributed by atoms with Crippen LogP contribution in [0.3, 0.4) is 0 Å². The Morgan fingerprint density at radius 3 is 2.31 bits per heavy atom. The lowest BCUT2D eigenvalue weighted by atomic mass is 9.80. The molecule has 1 aliphatic carbocycles. The first-order valence-corrected chi connectivity index (χ1v) is 12.4. The monoisotopic (exact) mass is 480 g/mol. The van der Waals surface area contributed by atoms with E-state index in [0.717, 1.165) is 48.5 Å². The van der Waals surface area contributed by atoms with E-state index in [1.807, 2.05) is 10.6 Å². The fourth-order valence-electron chi connectivity index (χ4n) is 5.47. The maximum absolute atomic E-state index is 13.2. The highest BCUT2D eigenvalue weighted by molar-refractivity contribution is 5.82. The fraction of sp³-hybridized carbons (Fsp3) is 0.462. The number of nitrogens with one attached hydrogen (secondary N) is 1. The van der Waals surface area contributed by atoms with E-state index >= 15 is 0 Å². The lowest BCUT2D eigenvalue weighted by molar-refractivity contribution is -0.160. The predicted octanol–water partition coefficient (Wildman–Crippen LogP) is 3.10. The van der Waals surface area contributed by atoms with Crippen LogP contribution in [0.4, 0.5) is 20.2 Å². The third-order valence-corrected chi connectivity index (χ3v) is 7.54. The number of benzene rings is 1. The second kappa shape index (κ2) is 8.78. The second-order valence-electron chi connectivity index (χ2n) is 9.83. The molecule has 0 bridgehead atoms.